The van der Waals surface area contributed by atoms with Gasteiger partial charge in [-0.2, -0.15) is 17.6 Å². The summed E-state index contributed by atoms with van der Waals surface area (Å²) in [6.45, 7) is 0.580. The van der Waals surface area contributed by atoms with Crippen molar-refractivity contribution in [2.24, 2.45) is 0 Å². The molecule has 1 aliphatic rings. The van der Waals surface area contributed by atoms with Gasteiger partial charge in [0, 0.05) is 25.4 Å². The van der Waals surface area contributed by atoms with Gasteiger partial charge in [0.15, 0.2) is 21.5 Å². The van der Waals surface area contributed by atoms with E-state index < -0.39 is 27.4 Å². The molecule has 6 nitrogen and oxygen atoms in total. The van der Waals surface area contributed by atoms with Gasteiger partial charge in [-0.05, 0) is 54.7 Å². The number of alkyl halides is 3. The van der Waals surface area contributed by atoms with Crippen LogP contribution in [0.5, 0.6) is 0 Å². The van der Waals surface area contributed by atoms with Gasteiger partial charge in [0.1, 0.15) is 6.33 Å². The Bertz CT molecular complexity index is 1280. The van der Waals surface area contributed by atoms with E-state index in [4.69, 9.17) is 0 Å². The summed E-state index contributed by atoms with van der Waals surface area (Å²) in [6.07, 6.45) is 0.183. The van der Waals surface area contributed by atoms with Crippen LogP contribution in [0.1, 0.15) is 29.5 Å². The fraction of sp³-hybridized carbons (Fsp3) is 0.333. The van der Waals surface area contributed by atoms with E-state index in [0.29, 0.717) is 18.5 Å². The average Bonchev–Trinajstić information content (AvgIpc) is 3.64. The van der Waals surface area contributed by atoms with Crippen molar-refractivity contribution in [2.75, 3.05) is 23.0 Å². The van der Waals surface area contributed by atoms with E-state index in [1.807, 2.05) is 0 Å². The van der Waals surface area contributed by atoms with E-state index in [0.717, 1.165) is 36.8 Å². The zero-order chi connectivity index (χ0) is 25.2. The van der Waals surface area contributed by atoms with Crippen LogP contribution in [-0.2, 0) is 29.0 Å². The van der Waals surface area contributed by atoms with Crippen LogP contribution in [0.3, 0.4) is 0 Å². The quantitative estimate of drug-likeness (QED) is 0.416. The lowest BCUT2D eigenvalue weighted by molar-refractivity contribution is -0.137. The molecule has 0 bridgehead atoms. The van der Waals surface area contributed by atoms with Crippen molar-refractivity contribution in [1.29, 1.82) is 0 Å². The molecule has 0 atom stereocenters. The minimum Gasteiger partial charge on any atom is -0.367 e. The van der Waals surface area contributed by atoms with Crippen molar-refractivity contribution < 1.29 is 26.0 Å². The van der Waals surface area contributed by atoms with Crippen LogP contribution < -0.4 is 10.2 Å². The van der Waals surface area contributed by atoms with Crippen LogP contribution in [0, 0.1) is 5.82 Å². The number of sulfone groups is 1. The van der Waals surface area contributed by atoms with Crippen molar-refractivity contribution in [3.05, 3.63) is 77.4 Å². The van der Waals surface area contributed by atoms with Gasteiger partial charge < -0.3 is 10.2 Å². The van der Waals surface area contributed by atoms with Crippen LogP contribution in [0.4, 0.5) is 29.2 Å². The van der Waals surface area contributed by atoms with Gasteiger partial charge in [0.25, 0.3) is 0 Å². The summed E-state index contributed by atoms with van der Waals surface area (Å²) in [7, 11) is -3.27. The topological polar surface area (TPSA) is 75.2 Å². The number of aromatic nitrogens is 2. The molecular weight excluding hydrogens is 484 g/mol. The summed E-state index contributed by atoms with van der Waals surface area (Å²) < 4.78 is 77.0. The predicted molar refractivity (Wildman–Crippen MR) is 124 cm³/mol. The lowest BCUT2D eigenvalue weighted by Gasteiger charge is -2.24. The molecule has 1 fully saturated rings. The van der Waals surface area contributed by atoms with Gasteiger partial charge in [-0.25, -0.2) is 18.4 Å². The van der Waals surface area contributed by atoms with E-state index in [9.17, 15) is 21.6 Å². The van der Waals surface area contributed by atoms with E-state index in [-0.39, 0.29) is 29.1 Å². The number of hydrogen-bond acceptors (Lipinski definition) is 6. The summed E-state index contributed by atoms with van der Waals surface area (Å²) in [5, 5.41) is 2.95. The van der Waals surface area contributed by atoms with Crippen molar-refractivity contribution >= 4 is 21.5 Å². The molecule has 11 heteroatoms. The van der Waals surface area contributed by atoms with Crippen LogP contribution in [0.2, 0.25) is 0 Å². The number of nitrogens with one attached hydrogen (secondary N) is 1. The standard InChI is InChI=1S/C24H24F4N4O2S/c1-35(33,34)20-10-4-16(5-11-20)12-13-29-22-21(25)23(31-15-30-22)32(19-8-9-19)14-17-2-6-18(7-3-17)24(26,27)28/h2-7,10-11,15,19H,8-9,12-14H2,1H3,(H,29,30,31). The molecule has 1 saturated carbocycles. The van der Waals surface area contributed by atoms with E-state index in [2.05, 4.69) is 15.3 Å². The molecule has 1 N–H and O–H groups in total. The molecule has 0 amide bonds. The third-order valence-corrected chi connectivity index (χ3v) is 6.85. The first-order valence-electron chi connectivity index (χ1n) is 11.0. The number of rotatable bonds is 9. The Kier molecular flexibility index (Phi) is 6.98. The number of anilines is 2. The third-order valence-electron chi connectivity index (χ3n) is 5.72. The van der Waals surface area contributed by atoms with Crippen molar-refractivity contribution in [3.63, 3.8) is 0 Å². The maximum Gasteiger partial charge on any atom is 0.416 e. The second-order valence-corrected chi connectivity index (χ2v) is 10.5. The number of benzene rings is 2. The largest absolute Gasteiger partial charge is 0.416 e. The second-order valence-electron chi connectivity index (χ2n) is 8.51. The lowest BCUT2D eigenvalue weighted by atomic mass is 10.1. The van der Waals surface area contributed by atoms with E-state index in [1.54, 1.807) is 17.0 Å². The maximum absolute atomic E-state index is 15.3. The molecule has 3 aromatic rings. The fourth-order valence-electron chi connectivity index (χ4n) is 3.67. The van der Waals surface area contributed by atoms with Gasteiger partial charge in [0.05, 0.1) is 10.5 Å². The lowest BCUT2D eigenvalue weighted by Crippen LogP contribution is -2.27. The molecule has 0 unspecified atom stereocenters. The zero-order valence-corrected chi connectivity index (χ0v) is 19.7. The Hall–Kier alpha value is -3.21. The molecule has 0 radical (unpaired) electrons. The number of halogens is 4. The molecule has 2 aromatic carbocycles. The van der Waals surface area contributed by atoms with Crippen LogP contribution in [-0.4, -0.2) is 37.2 Å². The van der Waals surface area contributed by atoms with Crippen molar-refractivity contribution in [2.45, 2.75) is 42.9 Å². The van der Waals surface area contributed by atoms with E-state index >= 15 is 4.39 Å². The van der Waals surface area contributed by atoms with Crippen LogP contribution in [0.25, 0.3) is 0 Å². The summed E-state index contributed by atoms with van der Waals surface area (Å²) in [5.74, 6) is -0.498. The van der Waals surface area contributed by atoms with Gasteiger partial charge in [-0.1, -0.05) is 24.3 Å². The minimum atomic E-state index is -4.41. The number of hydrogen-bond donors (Lipinski definition) is 1. The SMILES string of the molecule is CS(=O)(=O)c1ccc(CCNc2ncnc(N(Cc3ccc(C(F)(F)F)cc3)C3CC3)c2F)cc1. The average molecular weight is 509 g/mol. The zero-order valence-electron chi connectivity index (χ0n) is 18.9. The molecule has 1 heterocycles. The summed E-state index contributed by atoms with van der Waals surface area (Å²) in [6, 6.07) is 11.4. The summed E-state index contributed by atoms with van der Waals surface area (Å²) in [5.41, 5.74) is 0.765. The van der Waals surface area contributed by atoms with E-state index in [1.165, 1.54) is 30.6 Å². The second kappa shape index (κ2) is 9.80. The first-order valence-corrected chi connectivity index (χ1v) is 12.9. The van der Waals surface area contributed by atoms with Gasteiger partial charge in [0.2, 0.25) is 5.82 Å². The Morgan fingerprint density at radius 1 is 1.00 bits per heavy atom. The highest BCUT2D eigenvalue weighted by Crippen LogP contribution is 2.35. The Labute approximate surface area is 200 Å². The molecule has 0 spiro atoms. The molecule has 0 aliphatic heterocycles. The Balaban J connectivity index is 1.44. The molecule has 1 aromatic heterocycles. The van der Waals surface area contributed by atoms with Crippen LogP contribution >= 0.6 is 0 Å². The molecule has 0 saturated heterocycles. The highest BCUT2D eigenvalue weighted by atomic mass is 32.2. The van der Waals surface area contributed by atoms with Gasteiger partial charge in [-0.3, -0.25) is 0 Å². The summed E-state index contributed by atoms with van der Waals surface area (Å²) in [4.78, 5) is 10.1. The van der Waals surface area contributed by atoms with Gasteiger partial charge >= 0.3 is 6.18 Å². The fourth-order valence-corrected chi connectivity index (χ4v) is 4.30. The monoisotopic (exact) mass is 508 g/mol. The van der Waals surface area contributed by atoms with Crippen molar-refractivity contribution in [3.8, 4) is 0 Å². The predicted octanol–water partition coefficient (Wildman–Crippen LogP) is 4.86. The first-order chi connectivity index (χ1) is 16.5. The summed E-state index contributed by atoms with van der Waals surface area (Å²) >= 11 is 0. The normalized spacial score (nSPS) is 14.1. The van der Waals surface area contributed by atoms with Gasteiger partial charge in [-0.15, -0.1) is 0 Å². The third kappa shape index (κ3) is 6.27. The number of nitrogens with zero attached hydrogens (tertiary/aromatic N) is 3. The first kappa shape index (κ1) is 24.9. The maximum atomic E-state index is 15.3. The smallest absolute Gasteiger partial charge is 0.367 e. The highest BCUT2D eigenvalue weighted by Gasteiger charge is 2.33. The highest BCUT2D eigenvalue weighted by molar-refractivity contribution is 7.90. The molecular formula is C24H24F4N4O2S. The van der Waals surface area contributed by atoms with Crippen molar-refractivity contribution in [1.82, 2.24) is 9.97 Å². The molecule has 4 rings (SSSR count). The Morgan fingerprint density at radius 3 is 2.20 bits per heavy atom. The molecule has 1 aliphatic carbocycles. The minimum absolute atomic E-state index is 0.0285. The van der Waals surface area contributed by atoms with Crippen LogP contribution in [0.15, 0.2) is 59.8 Å². The molecule has 186 valence electrons. The molecule has 35 heavy (non-hydrogen) atoms. The Morgan fingerprint density at radius 2 is 1.63 bits per heavy atom.